The first-order valence-electron chi connectivity index (χ1n) is 8.30. The van der Waals surface area contributed by atoms with Crippen LogP contribution in [0.25, 0.3) is 0 Å². The van der Waals surface area contributed by atoms with Crippen LogP contribution in [0.3, 0.4) is 0 Å². The van der Waals surface area contributed by atoms with Gasteiger partial charge in [-0.15, -0.1) is 0 Å². The fourth-order valence-corrected chi connectivity index (χ4v) is 2.73. The average Bonchev–Trinajstić information content (AvgIpc) is 2.93. The van der Waals surface area contributed by atoms with Crippen molar-refractivity contribution in [1.29, 1.82) is 0 Å². The van der Waals surface area contributed by atoms with Crippen molar-refractivity contribution in [2.24, 2.45) is 5.92 Å². The molecule has 1 rings (SSSR count). The van der Waals surface area contributed by atoms with E-state index >= 15 is 0 Å². The van der Waals surface area contributed by atoms with Gasteiger partial charge in [0.05, 0.1) is 0 Å². The second kappa shape index (κ2) is 15.5. The van der Waals surface area contributed by atoms with Crippen LogP contribution in [0.1, 0.15) is 77.0 Å². The van der Waals surface area contributed by atoms with Gasteiger partial charge in [0.2, 0.25) is 0 Å². The number of aliphatic carboxylic acids is 1. The minimum absolute atomic E-state index is 0. The van der Waals surface area contributed by atoms with E-state index in [1.54, 1.807) is 0 Å². The van der Waals surface area contributed by atoms with Crippen molar-refractivity contribution in [1.82, 2.24) is 0 Å². The molecule has 1 aliphatic rings. The number of carbonyl (C=O) groups excluding carboxylic acids is 1. The van der Waals surface area contributed by atoms with E-state index in [1.807, 2.05) is 0 Å². The zero-order chi connectivity index (χ0) is 14.5. The summed E-state index contributed by atoms with van der Waals surface area (Å²) in [6.07, 6.45) is 22.6. The number of unbranched alkanes of at least 4 members (excludes halogenated alkanes) is 6. The third-order valence-corrected chi connectivity index (χ3v) is 3.98. The van der Waals surface area contributed by atoms with Crippen molar-refractivity contribution < 1.29 is 61.3 Å². The van der Waals surface area contributed by atoms with Gasteiger partial charge in [0, 0.05) is 5.97 Å². The molecular weight excluding hydrogens is 287 g/mol. The van der Waals surface area contributed by atoms with Crippen molar-refractivity contribution in [2.45, 2.75) is 77.0 Å². The molecule has 0 N–H and O–H groups in total. The molecule has 0 spiro atoms. The molecule has 0 bridgehead atoms. The maximum atomic E-state index is 10.2. The van der Waals surface area contributed by atoms with Gasteiger partial charge in [0.15, 0.2) is 0 Å². The molecule has 1 unspecified atom stereocenters. The molecular formula is C18H29KO2. The smallest absolute Gasteiger partial charge is 0.550 e. The van der Waals surface area contributed by atoms with Crippen LogP contribution in [-0.2, 0) is 4.79 Å². The van der Waals surface area contributed by atoms with E-state index in [-0.39, 0.29) is 57.8 Å². The van der Waals surface area contributed by atoms with Gasteiger partial charge >= 0.3 is 51.4 Å². The zero-order valence-corrected chi connectivity index (χ0v) is 16.8. The number of carbonyl (C=O) groups is 1. The van der Waals surface area contributed by atoms with E-state index in [9.17, 15) is 9.90 Å². The SMILES string of the molecule is O=C([O-])CCCC/C=C\CCCCCCC1C=CCC1.[K+]. The molecule has 0 heterocycles. The summed E-state index contributed by atoms with van der Waals surface area (Å²) in [5.41, 5.74) is 0. The Balaban J connectivity index is 0.00000400. The van der Waals surface area contributed by atoms with E-state index in [0.29, 0.717) is 0 Å². The summed E-state index contributed by atoms with van der Waals surface area (Å²) in [5, 5.41) is 10.2. The maximum absolute atomic E-state index is 10.2. The summed E-state index contributed by atoms with van der Waals surface area (Å²) in [4.78, 5) is 10.2. The number of allylic oxidation sites excluding steroid dienone is 4. The zero-order valence-electron chi connectivity index (χ0n) is 13.7. The summed E-state index contributed by atoms with van der Waals surface area (Å²) in [6, 6.07) is 0. The molecule has 0 radical (unpaired) electrons. The van der Waals surface area contributed by atoms with Crippen LogP contribution in [-0.4, -0.2) is 5.97 Å². The fraction of sp³-hybridized carbons (Fsp3) is 0.722. The summed E-state index contributed by atoms with van der Waals surface area (Å²) in [6.45, 7) is 0. The van der Waals surface area contributed by atoms with Crippen molar-refractivity contribution in [3.8, 4) is 0 Å². The Labute approximate surface area is 172 Å². The first-order valence-corrected chi connectivity index (χ1v) is 8.30. The Hall–Kier alpha value is 0.586. The largest absolute Gasteiger partial charge is 1.00 e. The fourth-order valence-electron chi connectivity index (χ4n) is 2.73. The van der Waals surface area contributed by atoms with E-state index in [0.717, 1.165) is 25.2 Å². The van der Waals surface area contributed by atoms with E-state index < -0.39 is 5.97 Å². The molecule has 0 saturated heterocycles. The molecule has 0 aliphatic heterocycles. The van der Waals surface area contributed by atoms with Gasteiger partial charge in [-0.2, -0.15) is 0 Å². The number of hydrogen-bond acceptors (Lipinski definition) is 2. The molecule has 21 heavy (non-hydrogen) atoms. The first kappa shape index (κ1) is 21.6. The second-order valence-corrected chi connectivity index (χ2v) is 5.85. The molecule has 1 aliphatic carbocycles. The molecule has 0 amide bonds. The third-order valence-electron chi connectivity index (χ3n) is 3.98. The van der Waals surface area contributed by atoms with Crippen molar-refractivity contribution in [3.63, 3.8) is 0 Å². The van der Waals surface area contributed by atoms with Crippen LogP contribution in [0.4, 0.5) is 0 Å². The molecule has 114 valence electrons. The average molecular weight is 317 g/mol. The summed E-state index contributed by atoms with van der Waals surface area (Å²) in [5.74, 6) is -0.0574. The summed E-state index contributed by atoms with van der Waals surface area (Å²) in [7, 11) is 0. The van der Waals surface area contributed by atoms with Crippen LogP contribution in [0, 0.1) is 5.92 Å². The van der Waals surface area contributed by atoms with Gasteiger partial charge in [0.1, 0.15) is 0 Å². The van der Waals surface area contributed by atoms with Crippen LogP contribution in [0.5, 0.6) is 0 Å². The third kappa shape index (κ3) is 13.9. The van der Waals surface area contributed by atoms with Gasteiger partial charge in [-0.3, -0.25) is 0 Å². The van der Waals surface area contributed by atoms with Crippen molar-refractivity contribution in [3.05, 3.63) is 24.3 Å². The van der Waals surface area contributed by atoms with Gasteiger partial charge in [-0.25, -0.2) is 0 Å². The number of carboxylic acid groups (broad SMARTS) is 1. The Morgan fingerprint density at radius 3 is 2.33 bits per heavy atom. The standard InChI is InChI=1S/C18H30O2.K/c19-18(20)16-10-8-6-4-2-1-3-5-7-9-13-17-14-11-12-15-17;/h2,4,11,14,17H,1,3,5-10,12-13,15-16H2,(H,19,20);/q;+1/p-1/b4-2-;. The van der Waals surface area contributed by atoms with Gasteiger partial charge in [-0.1, -0.05) is 43.6 Å². The van der Waals surface area contributed by atoms with Crippen LogP contribution >= 0.6 is 0 Å². The molecule has 0 saturated carbocycles. The van der Waals surface area contributed by atoms with Crippen LogP contribution < -0.4 is 56.5 Å². The number of hydrogen-bond donors (Lipinski definition) is 0. The van der Waals surface area contributed by atoms with Crippen molar-refractivity contribution >= 4 is 5.97 Å². The predicted molar refractivity (Wildman–Crippen MR) is 82.2 cm³/mol. The molecule has 2 nitrogen and oxygen atoms in total. The number of rotatable bonds is 12. The molecule has 0 aromatic carbocycles. The molecule has 1 atom stereocenters. The first-order chi connectivity index (χ1) is 9.79. The van der Waals surface area contributed by atoms with Crippen molar-refractivity contribution in [2.75, 3.05) is 0 Å². The Bertz CT molecular complexity index is 310. The molecule has 0 aromatic rings. The molecule has 3 heteroatoms. The topological polar surface area (TPSA) is 40.1 Å². The minimum Gasteiger partial charge on any atom is -0.550 e. The maximum Gasteiger partial charge on any atom is 1.00 e. The predicted octanol–water partition coefficient (Wildman–Crippen LogP) is 1.16. The molecule has 0 fully saturated rings. The molecule has 0 aromatic heterocycles. The van der Waals surface area contributed by atoms with E-state index in [4.69, 9.17) is 0 Å². The Morgan fingerprint density at radius 1 is 1.05 bits per heavy atom. The minimum atomic E-state index is -0.929. The van der Waals surface area contributed by atoms with Crippen LogP contribution in [0.15, 0.2) is 24.3 Å². The van der Waals surface area contributed by atoms with E-state index in [2.05, 4.69) is 24.3 Å². The Kier molecular flexibility index (Phi) is 15.9. The summed E-state index contributed by atoms with van der Waals surface area (Å²) >= 11 is 0. The van der Waals surface area contributed by atoms with E-state index in [1.165, 1.54) is 51.4 Å². The second-order valence-electron chi connectivity index (χ2n) is 5.85. The Morgan fingerprint density at radius 2 is 1.71 bits per heavy atom. The normalized spacial score (nSPS) is 17.2. The quantitative estimate of drug-likeness (QED) is 0.308. The summed E-state index contributed by atoms with van der Waals surface area (Å²) < 4.78 is 0. The monoisotopic (exact) mass is 316 g/mol. The van der Waals surface area contributed by atoms with Crippen LogP contribution in [0.2, 0.25) is 0 Å². The van der Waals surface area contributed by atoms with Gasteiger partial charge < -0.3 is 9.90 Å². The van der Waals surface area contributed by atoms with Gasteiger partial charge in [0.25, 0.3) is 0 Å². The number of carboxylic acids is 1. The van der Waals surface area contributed by atoms with Gasteiger partial charge in [-0.05, 0) is 63.7 Å².